The van der Waals surface area contributed by atoms with E-state index in [1.54, 1.807) is 91.9 Å². The van der Waals surface area contributed by atoms with Crippen molar-refractivity contribution in [1.29, 1.82) is 0 Å². The molecular formula is C33H29Cl2N3O5S. The molecule has 4 aromatic rings. The van der Waals surface area contributed by atoms with Gasteiger partial charge in [0.05, 0.1) is 35.2 Å². The Morgan fingerprint density at radius 2 is 1.57 bits per heavy atom. The molecule has 0 aromatic heterocycles. The van der Waals surface area contributed by atoms with E-state index < -0.39 is 17.1 Å². The van der Waals surface area contributed by atoms with Crippen LogP contribution in [0.2, 0.25) is 10.0 Å². The lowest BCUT2D eigenvalue weighted by molar-refractivity contribution is -0.115. The highest BCUT2D eigenvalue weighted by Crippen LogP contribution is 2.33. The van der Waals surface area contributed by atoms with Crippen molar-refractivity contribution in [3.63, 3.8) is 0 Å². The second-order valence-electron chi connectivity index (χ2n) is 9.29. The number of ether oxygens (including phenoxy) is 2. The van der Waals surface area contributed by atoms with Gasteiger partial charge in [0.1, 0.15) is 5.70 Å². The minimum Gasteiger partial charge on any atom is -0.493 e. The molecule has 4 rings (SSSR count). The molecule has 0 bridgehead atoms. The van der Waals surface area contributed by atoms with E-state index >= 15 is 0 Å². The van der Waals surface area contributed by atoms with Gasteiger partial charge in [0.15, 0.2) is 11.5 Å². The first kappa shape index (κ1) is 32.5. The first-order valence-electron chi connectivity index (χ1n) is 13.3. The van der Waals surface area contributed by atoms with Crippen LogP contribution in [-0.2, 0) is 9.59 Å². The molecule has 11 heteroatoms. The lowest BCUT2D eigenvalue weighted by Gasteiger charge is -2.15. The van der Waals surface area contributed by atoms with E-state index in [-0.39, 0.29) is 16.6 Å². The highest BCUT2D eigenvalue weighted by Gasteiger charge is 2.19. The minimum atomic E-state index is -0.567. The zero-order valence-electron chi connectivity index (χ0n) is 24.0. The van der Waals surface area contributed by atoms with Crippen LogP contribution >= 0.6 is 35.0 Å². The van der Waals surface area contributed by atoms with Crippen molar-refractivity contribution in [2.24, 2.45) is 0 Å². The van der Waals surface area contributed by atoms with Gasteiger partial charge in [-0.25, -0.2) is 0 Å². The van der Waals surface area contributed by atoms with Crippen molar-refractivity contribution < 1.29 is 23.9 Å². The van der Waals surface area contributed by atoms with Crippen LogP contribution in [0, 0.1) is 0 Å². The smallest absolute Gasteiger partial charge is 0.272 e. The molecule has 0 saturated carbocycles. The van der Waals surface area contributed by atoms with Gasteiger partial charge in [-0.05, 0) is 61.5 Å². The second kappa shape index (κ2) is 15.3. The molecule has 0 aliphatic heterocycles. The number of hydrogen-bond donors (Lipinski definition) is 3. The number of hydrogen-bond acceptors (Lipinski definition) is 6. The molecule has 4 aromatic carbocycles. The molecule has 0 aliphatic carbocycles. The Hall–Kier alpha value is -4.44. The van der Waals surface area contributed by atoms with E-state index in [0.717, 1.165) is 4.90 Å². The van der Waals surface area contributed by atoms with Crippen molar-refractivity contribution >= 4 is 70.1 Å². The number of amides is 3. The van der Waals surface area contributed by atoms with E-state index in [9.17, 15) is 14.4 Å². The van der Waals surface area contributed by atoms with Crippen molar-refractivity contribution in [2.75, 3.05) is 24.9 Å². The molecule has 44 heavy (non-hydrogen) atoms. The molecule has 0 saturated heterocycles. The molecule has 1 atom stereocenters. The summed E-state index contributed by atoms with van der Waals surface area (Å²) in [6, 6.07) is 25.8. The Balaban J connectivity index is 1.54. The Labute approximate surface area is 269 Å². The zero-order valence-corrected chi connectivity index (χ0v) is 26.3. The number of para-hydroxylation sites is 1. The highest BCUT2D eigenvalue weighted by molar-refractivity contribution is 8.00. The molecule has 0 fully saturated rings. The van der Waals surface area contributed by atoms with Crippen molar-refractivity contribution in [1.82, 2.24) is 5.32 Å². The molecule has 0 radical (unpaired) electrons. The number of methoxy groups -OCH3 is 2. The van der Waals surface area contributed by atoms with E-state index in [1.807, 2.05) is 6.07 Å². The van der Waals surface area contributed by atoms with Gasteiger partial charge in [0.2, 0.25) is 5.91 Å². The summed E-state index contributed by atoms with van der Waals surface area (Å²) in [4.78, 5) is 40.2. The quantitative estimate of drug-likeness (QED) is 0.114. The Kier molecular flexibility index (Phi) is 11.3. The van der Waals surface area contributed by atoms with Crippen LogP contribution in [0.4, 0.5) is 11.4 Å². The summed E-state index contributed by atoms with van der Waals surface area (Å²) in [5.41, 5.74) is 1.77. The van der Waals surface area contributed by atoms with Crippen LogP contribution in [0.15, 0.2) is 102 Å². The van der Waals surface area contributed by atoms with Crippen molar-refractivity contribution in [3.8, 4) is 11.5 Å². The minimum absolute atomic E-state index is 0.0189. The van der Waals surface area contributed by atoms with Gasteiger partial charge < -0.3 is 25.4 Å². The molecular weight excluding hydrogens is 621 g/mol. The fraction of sp³-hybridized carbons (Fsp3) is 0.121. The summed E-state index contributed by atoms with van der Waals surface area (Å²) in [7, 11) is 3.00. The third-order valence-electron chi connectivity index (χ3n) is 6.25. The SMILES string of the molecule is COc1cccc(/C=C(/NC(=O)c2ccccc2)C(=O)Nc2cccc(SC(C)C(=O)Nc3cccc(Cl)c3Cl)c2)c1OC. The summed E-state index contributed by atoms with van der Waals surface area (Å²) < 4.78 is 10.9. The molecule has 3 N–H and O–H groups in total. The maximum absolute atomic E-state index is 13.6. The first-order valence-corrected chi connectivity index (χ1v) is 15.0. The fourth-order valence-corrected chi connectivity index (χ4v) is 5.34. The normalized spacial score (nSPS) is 11.7. The molecule has 0 aliphatic rings. The summed E-state index contributed by atoms with van der Waals surface area (Å²) >= 11 is 13.6. The average molecular weight is 651 g/mol. The molecule has 8 nitrogen and oxygen atoms in total. The summed E-state index contributed by atoms with van der Waals surface area (Å²) in [6.07, 6.45) is 1.52. The molecule has 1 unspecified atom stereocenters. The predicted octanol–water partition coefficient (Wildman–Crippen LogP) is 7.54. The zero-order chi connectivity index (χ0) is 31.6. The molecule has 226 valence electrons. The monoisotopic (exact) mass is 649 g/mol. The van der Waals surface area contributed by atoms with E-state index in [2.05, 4.69) is 16.0 Å². The van der Waals surface area contributed by atoms with Gasteiger partial charge >= 0.3 is 0 Å². The maximum atomic E-state index is 13.6. The van der Waals surface area contributed by atoms with Crippen LogP contribution < -0.4 is 25.4 Å². The van der Waals surface area contributed by atoms with Gasteiger partial charge in [-0.2, -0.15) is 0 Å². The number of benzene rings is 4. The first-order chi connectivity index (χ1) is 21.2. The van der Waals surface area contributed by atoms with Crippen LogP contribution in [0.3, 0.4) is 0 Å². The topological polar surface area (TPSA) is 106 Å². The number of thioether (sulfide) groups is 1. The third-order valence-corrected chi connectivity index (χ3v) is 8.16. The van der Waals surface area contributed by atoms with E-state index in [1.165, 1.54) is 32.1 Å². The van der Waals surface area contributed by atoms with Crippen molar-refractivity contribution in [3.05, 3.63) is 118 Å². The number of nitrogens with one attached hydrogen (secondary N) is 3. The number of carbonyl (C=O) groups excluding carboxylic acids is 3. The van der Waals surface area contributed by atoms with Gasteiger partial charge in [-0.1, -0.05) is 65.7 Å². The number of rotatable bonds is 11. The fourth-order valence-electron chi connectivity index (χ4n) is 4.06. The van der Waals surface area contributed by atoms with Crippen LogP contribution in [0.25, 0.3) is 6.08 Å². The summed E-state index contributed by atoms with van der Waals surface area (Å²) in [6.45, 7) is 1.76. The molecule has 0 spiro atoms. The average Bonchev–Trinajstić information content (AvgIpc) is 3.03. The van der Waals surface area contributed by atoms with Crippen LogP contribution in [0.1, 0.15) is 22.8 Å². The van der Waals surface area contributed by atoms with Gasteiger partial charge in [0.25, 0.3) is 11.8 Å². The summed E-state index contributed by atoms with van der Waals surface area (Å²) in [5, 5.41) is 8.45. The number of halogens is 2. The predicted molar refractivity (Wildman–Crippen MR) is 177 cm³/mol. The highest BCUT2D eigenvalue weighted by atomic mass is 35.5. The Bertz CT molecular complexity index is 1700. The van der Waals surface area contributed by atoms with Crippen molar-refractivity contribution in [2.45, 2.75) is 17.1 Å². The molecule has 3 amide bonds. The lowest BCUT2D eigenvalue weighted by atomic mass is 10.1. The number of carbonyl (C=O) groups is 3. The lowest BCUT2D eigenvalue weighted by Crippen LogP contribution is -2.30. The maximum Gasteiger partial charge on any atom is 0.272 e. The standard InChI is InChI=1S/C33H29Cl2N3O5S/c1-20(31(39)37-26-16-9-15-25(34)29(26)35)44-24-14-8-13-23(19-24)36-33(41)27(38-32(40)21-10-5-4-6-11-21)18-22-12-7-17-28(42-2)30(22)43-3/h4-20H,1-3H3,(H,36,41)(H,37,39)(H,38,40)/b27-18+. The Morgan fingerprint density at radius 3 is 2.30 bits per heavy atom. The van der Waals surface area contributed by atoms with Crippen LogP contribution in [-0.4, -0.2) is 37.2 Å². The second-order valence-corrected chi connectivity index (χ2v) is 11.5. The Morgan fingerprint density at radius 1 is 0.841 bits per heavy atom. The summed E-state index contributed by atoms with van der Waals surface area (Å²) in [5.74, 6) is -0.426. The van der Waals surface area contributed by atoms with E-state index in [0.29, 0.717) is 39.0 Å². The van der Waals surface area contributed by atoms with E-state index in [4.69, 9.17) is 32.7 Å². The third kappa shape index (κ3) is 8.35. The largest absolute Gasteiger partial charge is 0.493 e. The van der Waals surface area contributed by atoms with Crippen LogP contribution in [0.5, 0.6) is 11.5 Å². The van der Waals surface area contributed by atoms with Gasteiger partial charge in [-0.15, -0.1) is 11.8 Å². The van der Waals surface area contributed by atoms with Gasteiger partial charge in [0, 0.05) is 21.7 Å². The molecule has 0 heterocycles. The number of anilines is 2. The van der Waals surface area contributed by atoms with Gasteiger partial charge in [-0.3, -0.25) is 14.4 Å².